The second kappa shape index (κ2) is 11.1. The molecule has 1 aliphatic carbocycles. The van der Waals surface area contributed by atoms with Gasteiger partial charge in [0.25, 0.3) is 5.91 Å². The van der Waals surface area contributed by atoms with Crippen molar-refractivity contribution < 1.29 is 19.2 Å². The van der Waals surface area contributed by atoms with Crippen LogP contribution in [0.15, 0.2) is 54.7 Å². The van der Waals surface area contributed by atoms with Crippen molar-refractivity contribution in [3.63, 3.8) is 0 Å². The first-order valence-corrected chi connectivity index (χ1v) is 12.8. The van der Waals surface area contributed by atoms with E-state index in [4.69, 9.17) is 0 Å². The number of carboxylic acid groups (broad SMARTS) is 1. The number of anilines is 1. The molecule has 3 aliphatic heterocycles. The van der Waals surface area contributed by atoms with Crippen molar-refractivity contribution in [1.29, 1.82) is 0 Å². The van der Waals surface area contributed by atoms with Gasteiger partial charge >= 0.3 is 0 Å². The highest BCUT2D eigenvalue weighted by Crippen LogP contribution is 2.38. The average molecular weight is 464 g/mol. The molecule has 6 rings (SSSR count). The molecule has 0 spiro atoms. The number of benzene rings is 1. The molecule has 2 bridgehead atoms. The SMILES string of the molecule is O=C(C[N+]12CCC(CC1)CC2)Nc1ccccn1.O=C([O-])C1(c2ccccc2)CCCCCC1. The molecule has 182 valence electrons. The quantitative estimate of drug-likeness (QED) is 0.542. The predicted molar refractivity (Wildman–Crippen MR) is 131 cm³/mol. The zero-order valence-corrected chi connectivity index (χ0v) is 20.1. The second-order valence-electron chi connectivity index (χ2n) is 10.3. The number of carbonyl (C=O) groups is 2. The van der Waals surface area contributed by atoms with Crippen LogP contribution in [0, 0.1) is 5.92 Å². The van der Waals surface area contributed by atoms with Crippen molar-refractivity contribution in [1.82, 2.24) is 4.98 Å². The van der Waals surface area contributed by atoms with Crippen molar-refractivity contribution >= 4 is 17.7 Å². The van der Waals surface area contributed by atoms with Crippen LogP contribution in [-0.2, 0) is 15.0 Å². The minimum Gasteiger partial charge on any atom is -0.549 e. The van der Waals surface area contributed by atoms with Crippen molar-refractivity contribution in [2.75, 3.05) is 31.5 Å². The molecule has 3 saturated heterocycles. The molecule has 6 nitrogen and oxygen atoms in total. The molecule has 0 radical (unpaired) electrons. The van der Waals surface area contributed by atoms with Crippen LogP contribution in [0.25, 0.3) is 0 Å². The maximum atomic E-state index is 12.1. The van der Waals surface area contributed by atoms with Crippen LogP contribution in [0.2, 0.25) is 0 Å². The van der Waals surface area contributed by atoms with Gasteiger partial charge < -0.3 is 19.7 Å². The Morgan fingerprint density at radius 2 is 1.53 bits per heavy atom. The number of nitrogens with one attached hydrogen (secondary N) is 1. The van der Waals surface area contributed by atoms with Crippen LogP contribution in [0.4, 0.5) is 5.82 Å². The predicted octanol–water partition coefficient (Wildman–Crippen LogP) is 3.68. The summed E-state index contributed by atoms with van der Waals surface area (Å²) in [5.74, 6) is 0.797. The molecule has 4 heterocycles. The zero-order valence-electron chi connectivity index (χ0n) is 20.1. The smallest absolute Gasteiger partial charge is 0.280 e. The molecule has 0 atom stereocenters. The third-order valence-corrected chi connectivity index (χ3v) is 8.12. The van der Waals surface area contributed by atoms with E-state index in [1.807, 2.05) is 48.5 Å². The number of rotatable bonds is 5. The molecule has 2 aromatic rings. The molecule has 1 aromatic heterocycles. The Hall–Kier alpha value is -2.73. The van der Waals surface area contributed by atoms with Gasteiger partial charge in [-0.3, -0.25) is 4.79 Å². The van der Waals surface area contributed by atoms with Crippen LogP contribution in [0.5, 0.6) is 0 Å². The Morgan fingerprint density at radius 1 is 0.912 bits per heavy atom. The number of fused-ring (bicyclic) bond motifs is 3. The highest BCUT2D eigenvalue weighted by atomic mass is 16.4. The third kappa shape index (κ3) is 5.84. The van der Waals surface area contributed by atoms with E-state index >= 15 is 0 Å². The lowest BCUT2D eigenvalue weighted by Crippen LogP contribution is -2.60. The topological polar surface area (TPSA) is 82.1 Å². The van der Waals surface area contributed by atoms with Crippen molar-refractivity contribution in [2.24, 2.45) is 5.92 Å². The van der Waals surface area contributed by atoms with E-state index in [1.165, 1.54) is 38.9 Å². The van der Waals surface area contributed by atoms with E-state index in [0.717, 1.165) is 54.5 Å². The van der Waals surface area contributed by atoms with Gasteiger partial charge in [-0.15, -0.1) is 0 Å². The summed E-state index contributed by atoms with van der Waals surface area (Å²) in [6.07, 6.45) is 11.3. The van der Waals surface area contributed by atoms with E-state index in [-0.39, 0.29) is 5.91 Å². The third-order valence-electron chi connectivity index (χ3n) is 8.12. The maximum Gasteiger partial charge on any atom is 0.280 e. The van der Waals surface area contributed by atoms with Gasteiger partial charge in [0.05, 0.1) is 25.6 Å². The van der Waals surface area contributed by atoms with Gasteiger partial charge in [-0.2, -0.15) is 0 Å². The number of aromatic nitrogens is 1. The fourth-order valence-electron chi connectivity index (χ4n) is 6.00. The summed E-state index contributed by atoms with van der Waals surface area (Å²) < 4.78 is 0.995. The summed E-state index contributed by atoms with van der Waals surface area (Å²) in [5.41, 5.74) is 0.175. The van der Waals surface area contributed by atoms with Crippen LogP contribution in [-0.4, -0.2) is 47.5 Å². The summed E-state index contributed by atoms with van der Waals surface area (Å²) >= 11 is 0. The lowest BCUT2D eigenvalue weighted by atomic mass is 9.74. The normalized spacial score (nSPS) is 25.4. The average Bonchev–Trinajstić information content (AvgIpc) is 3.14. The Bertz CT molecular complexity index is 918. The monoisotopic (exact) mass is 463 g/mol. The number of piperidine rings is 3. The highest BCUT2D eigenvalue weighted by Gasteiger charge is 2.41. The van der Waals surface area contributed by atoms with Crippen molar-refractivity contribution in [3.05, 3.63) is 60.3 Å². The number of nitrogens with zero attached hydrogens (tertiary/aromatic N) is 2. The molecule has 4 fully saturated rings. The largest absolute Gasteiger partial charge is 0.549 e. The number of aliphatic carboxylic acids is 1. The first-order valence-electron chi connectivity index (χ1n) is 12.8. The second-order valence-corrected chi connectivity index (χ2v) is 10.3. The molecule has 1 saturated carbocycles. The fourth-order valence-corrected chi connectivity index (χ4v) is 6.00. The van der Waals surface area contributed by atoms with E-state index in [1.54, 1.807) is 6.20 Å². The van der Waals surface area contributed by atoms with Gasteiger partial charge in [0.2, 0.25) is 0 Å². The Morgan fingerprint density at radius 3 is 2.09 bits per heavy atom. The lowest BCUT2D eigenvalue weighted by Gasteiger charge is -2.48. The number of carbonyl (C=O) groups excluding carboxylic acids is 2. The summed E-state index contributed by atoms with van der Waals surface area (Å²) in [5, 5.41) is 14.4. The van der Waals surface area contributed by atoms with Gasteiger partial charge in [0.15, 0.2) is 6.54 Å². The van der Waals surface area contributed by atoms with Crippen molar-refractivity contribution in [3.8, 4) is 0 Å². The first-order chi connectivity index (χ1) is 16.5. The Labute approximate surface area is 203 Å². The number of quaternary nitrogens is 1. The maximum absolute atomic E-state index is 12.1. The van der Waals surface area contributed by atoms with Crippen LogP contribution in [0.1, 0.15) is 63.4 Å². The fraction of sp³-hybridized carbons (Fsp3) is 0.536. The minimum absolute atomic E-state index is 0.106. The molecule has 1 N–H and O–H groups in total. The summed E-state index contributed by atoms with van der Waals surface area (Å²) in [4.78, 5) is 27.7. The van der Waals surface area contributed by atoms with Gasteiger partial charge in [0.1, 0.15) is 5.82 Å². The molecule has 6 heteroatoms. The molecule has 1 amide bonds. The Kier molecular flexibility index (Phi) is 7.99. The molecule has 1 aromatic carbocycles. The van der Waals surface area contributed by atoms with Gasteiger partial charge in [0, 0.05) is 11.6 Å². The molecule has 0 unspecified atom stereocenters. The summed E-state index contributed by atoms with van der Waals surface area (Å²) in [6.45, 7) is 4.16. The number of hydrogen-bond donors (Lipinski definition) is 1. The summed E-state index contributed by atoms with van der Waals surface area (Å²) in [7, 11) is 0. The summed E-state index contributed by atoms with van der Waals surface area (Å²) in [6, 6.07) is 15.1. The van der Waals surface area contributed by atoms with Gasteiger partial charge in [-0.1, -0.05) is 62.1 Å². The standard InChI is InChI=1S/C14H19N3O.C14H18O2/c18-14(16-13-3-1-2-7-15-13)11-17-8-4-12(5-9-17)6-10-17;15-13(16)14(10-6-1-2-7-11-14)12-8-4-3-5-9-12/h1-3,7,12H,4-6,8-11H2;3-5,8-9H,1-2,6-7,10-11H2,(H,15,16). The highest BCUT2D eigenvalue weighted by molar-refractivity contribution is 5.90. The van der Waals surface area contributed by atoms with E-state index in [9.17, 15) is 14.7 Å². The van der Waals surface area contributed by atoms with Crippen molar-refractivity contribution in [2.45, 2.75) is 63.2 Å². The molecule has 34 heavy (non-hydrogen) atoms. The number of hydrogen-bond acceptors (Lipinski definition) is 4. The first kappa shape index (κ1) is 24.4. The number of pyridine rings is 1. The lowest BCUT2D eigenvalue weighted by molar-refractivity contribution is -0.935. The van der Waals surface area contributed by atoms with Gasteiger partial charge in [-0.25, -0.2) is 4.98 Å². The van der Waals surface area contributed by atoms with Crippen LogP contribution < -0.4 is 10.4 Å². The molecular weight excluding hydrogens is 426 g/mol. The van der Waals surface area contributed by atoms with E-state index in [0.29, 0.717) is 12.4 Å². The van der Waals surface area contributed by atoms with Gasteiger partial charge in [-0.05, 0) is 55.7 Å². The number of carboxylic acids is 1. The van der Waals surface area contributed by atoms with E-state index < -0.39 is 11.4 Å². The van der Waals surface area contributed by atoms with E-state index in [2.05, 4.69) is 10.3 Å². The molecular formula is C28H37N3O3. The zero-order chi connectivity index (χ0) is 23.9. The van der Waals surface area contributed by atoms with Crippen LogP contribution in [0.3, 0.4) is 0 Å². The number of amides is 1. The molecule has 4 aliphatic rings. The minimum atomic E-state index is -0.902. The Balaban J connectivity index is 0.000000162. The van der Waals surface area contributed by atoms with Crippen LogP contribution >= 0.6 is 0 Å².